The molecular weight excluding hydrogens is 236 g/mol. The zero-order valence-electron chi connectivity index (χ0n) is 11.9. The Morgan fingerprint density at radius 2 is 1.35 bits per heavy atom. The third-order valence-electron chi connectivity index (χ3n) is 2.18. The van der Waals surface area contributed by atoms with Crippen LogP contribution in [-0.2, 0) is 13.3 Å². The summed E-state index contributed by atoms with van der Waals surface area (Å²) in [4.78, 5) is 0. The molecule has 0 rings (SSSR count). The Balaban J connectivity index is 0. The molecule has 106 valence electrons. The SMILES string of the molecule is CCNCCC[Si](OCC)(OCC)OCC.N. The van der Waals surface area contributed by atoms with Crippen LogP contribution in [0.2, 0.25) is 6.04 Å². The number of nitrogens with one attached hydrogen (secondary N) is 1. The van der Waals surface area contributed by atoms with Crippen LogP contribution in [0.1, 0.15) is 34.1 Å². The van der Waals surface area contributed by atoms with Gasteiger partial charge in [0, 0.05) is 25.9 Å². The minimum atomic E-state index is -2.39. The summed E-state index contributed by atoms with van der Waals surface area (Å²) in [5.74, 6) is 0. The zero-order valence-corrected chi connectivity index (χ0v) is 12.9. The molecule has 0 unspecified atom stereocenters. The summed E-state index contributed by atoms with van der Waals surface area (Å²) in [6.45, 7) is 12.1. The molecule has 0 amide bonds. The van der Waals surface area contributed by atoms with Crippen molar-refractivity contribution in [3.8, 4) is 0 Å². The Morgan fingerprint density at radius 1 is 0.882 bits per heavy atom. The highest BCUT2D eigenvalue weighted by atomic mass is 28.4. The summed E-state index contributed by atoms with van der Waals surface area (Å²) in [5.41, 5.74) is 0. The Bertz CT molecular complexity index is 145. The van der Waals surface area contributed by atoms with Gasteiger partial charge in [-0.15, -0.1) is 0 Å². The monoisotopic (exact) mass is 266 g/mol. The lowest BCUT2D eigenvalue weighted by molar-refractivity contribution is 0.0708. The molecule has 0 aliphatic heterocycles. The Hall–Kier alpha value is 0.0169. The Labute approximate surface area is 107 Å². The molecule has 0 aliphatic carbocycles. The van der Waals surface area contributed by atoms with Crippen molar-refractivity contribution in [2.75, 3.05) is 32.9 Å². The van der Waals surface area contributed by atoms with Crippen molar-refractivity contribution in [3.63, 3.8) is 0 Å². The van der Waals surface area contributed by atoms with E-state index in [1.165, 1.54) is 0 Å². The lowest BCUT2D eigenvalue weighted by atomic mass is 10.5. The second kappa shape index (κ2) is 12.5. The van der Waals surface area contributed by atoms with Crippen molar-refractivity contribution in [2.24, 2.45) is 0 Å². The van der Waals surface area contributed by atoms with E-state index in [0.717, 1.165) is 25.6 Å². The zero-order chi connectivity index (χ0) is 12.3. The highest BCUT2D eigenvalue weighted by molar-refractivity contribution is 6.60. The van der Waals surface area contributed by atoms with Crippen molar-refractivity contribution < 1.29 is 13.3 Å². The van der Waals surface area contributed by atoms with Crippen LogP contribution < -0.4 is 11.5 Å². The van der Waals surface area contributed by atoms with Crippen LogP contribution in [-0.4, -0.2) is 41.7 Å². The summed E-state index contributed by atoms with van der Waals surface area (Å²) in [5, 5.41) is 3.30. The third-order valence-corrected chi connectivity index (χ3v) is 5.33. The van der Waals surface area contributed by atoms with E-state index in [2.05, 4.69) is 12.2 Å². The van der Waals surface area contributed by atoms with Gasteiger partial charge in [0.05, 0.1) is 0 Å². The smallest absolute Gasteiger partial charge is 0.374 e. The van der Waals surface area contributed by atoms with Gasteiger partial charge in [0.1, 0.15) is 0 Å². The minimum Gasteiger partial charge on any atom is -0.374 e. The van der Waals surface area contributed by atoms with Crippen LogP contribution in [0, 0.1) is 0 Å². The summed E-state index contributed by atoms with van der Waals surface area (Å²) in [7, 11) is -2.39. The van der Waals surface area contributed by atoms with Gasteiger partial charge in [-0.2, -0.15) is 0 Å². The molecule has 0 fully saturated rings. The van der Waals surface area contributed by atoms with Gasteiger partial charge in [-0.25, -0.2) is 0 Å². The summed E-state index contributed by atoms with van der Waals surface area (Å²) in [6, 6.07) is 0.898. The fraction of sp³-hybridized carbons (Fsp3) is 1.00. The van der Waals surface area contributed by atoms with E-state index in [0.29, 0.717) is 19.8 Å². The minimum absolute atomic E-state index is 0. The second-order valence-electron chi connectivity index (χ2n) is 3.44. The van der Waals surface area contributed by atoms with E-state index in [1.54, 1.807) is 0 Å². The molecule has 0 aromatic heterocycles. The highest BCUT2D eigenvalue weighted by Gasteiger charge is 2.39. The molecule has 0 aromatic carbocycles. The Kier molecular flexibility index (Phi) is 14.2. The van der Waals surface area contributed by atoms with E-state index < -0.39 is 8.80 Å². The van der Waals surface area contributed by atoms with E-state index in [4.69, 9.17) is 13.3 Å². The van der Waals surface area contributed by atoms with Crippen molar-refractivity contribution in [3.05, 3.63) is 0 Å². The van der Waals surface area contributed by atoms with Gasteiger partial charge in [0.15, 0.2) is 0 Å². The molecule has 0 aromatic rings. The summed E-state index contributed by atoms with van der Waals surface area (Å²) in [6.07, 6.45) is 1.04. The average Bonchev–Trinajstić information content (AvgIpc) is 2.26. The van der Waals surface area contributed by atoms with Gasteiger partial charge in [0.25, 0.3) is 0 Å². The second-order valence-corrected chi connectivity index (χ2v) is 6.17. The van der Waals surface area contributed by atoms with Crippen molar-refractivity contribution in [1.82, 2.24) is 11.5 Å². The molecule has 0 bridgehead atoms. The van der Waals surface area contributed by atoms with Crippen LogP contribution in [0.25, 0.3) is 0 Å². The predicted molar refractivity (Wildman–Crippen MR) is 73.6 cm³/mol. The molecule has 0 aliphatic rings. The molecule has 17 heavy (non-hydrogen) atoms. The lowest BCUT2D eigenvalue weighted by Gasteiger charge is -2.28. The predicted octanol–water partition coefficient (Wildman–Crippen LogP) is 2.20. The van der Waals surface area contributed by atoms with Crippen molar-refractivity contribution in [1.29, 1.82) is 0 Å². The van der Waals surface area contributed by atoms with Gasteiger partial charge in [-0.1, -0.05) is 6.92 Å². The molecule has 0 saturated carbocycles. The van der Waals surface area contributed by atoms with Crippen LogP contribution in [0.5, 0.6) is 0 Å². The van der Waals surface area contributed by atoms with Crippen LogP contribution in [0.15, 0.2) is 0 Å². The van der Waals surface area contributed by atoms with Crippen molar-refractivity contribution in [2.45, 2.75) is 40.2 Å². The first-order valence-electron chi connectivity index (χ1n) is 6.37. The van der Waals surface area contributed by atoms with Crippen LogP contribution in [0.3, 0.4) is 0 Å². The maximum atomic E-state index is 5.76. The maximum Gasteiger partial charge on any atom is 0.500 e. The molecule has 0 spiro atoms. The maximum absolute atomic E-state index is 5.76. The number of rotatable bonds is 11. The summed E-state index contributed by atoms with van der Waals surface area (Å²) >= 11 is 0. The quantitative estimate of drug-likeness (QED) is 0.443. The molecule has 4 N–H and O–H groups in total. The van der Waals surface area contributed by atoms with E-state index in [-0.39, 0.29) is 6.15 Å². The molecule has 0 atom stereocenters. The molecule has 6 heteroatoms. The normalized spacial score (nSPS) is 11.3. The molecular formula is C11H30N2O3Si. The lowest BCUT2D eigenvalue weighted by Crippen LogP contribution is -2.46. The first-order chi connectivity index (χ1) is 7.74. The van der Waals surface area contributed by atoms with Gasteiger partial charge in [-0.3, -0.25) is 0 Å². The summed E-state index contributed by atoms with van der Waals surface area (Å²) < 4.78 is 17.3. The van der Waals surface area contributed by atoms with Crippen molar-refractivity contribution >= 4 is 8.80 Å². The standard InChI is InChI=1S/C11H27NO3Si.H3N/c1-5-12-10-9-11-16(13-6-2,14-7-3)15-8-4;/h12H,5-11H2,1-4H3;1H3. The van der Waals surface area contributed by atoms with E-state index >= 15 is 0 Å². The molecule has 0 saturated heterocycles. The van der Waals surface area contributed by atoms with Crippen LogP contribution >= 0.6 is 0 Å². The third kappa shape index (κ3) is 8.70. The van der Waals surface area contributed by atoms with Gasteiger partial charge in [0.2, 0.25) is 0 Å². The Morgan fingerprint density at radius 3 is 1.71 bits per heavy atom. The molecule has 0 heterocycles. The van der Waals surface area contributed by atoms with E-state index in [1.807, 2.05) is 20.8 Å². The largest absolute Gasteiger partial charge is 0.500 e. The average molecular weight is 266 g/mol. The van der Waals surface area contributed by atoms with Gasteiger partial charge >= 0.3 is 8.80 Å². The highest BCUT2D eigenvalue weighted by Crippen LogP contribution is 2.17. The number of hydrogen-bond donors (Lipinski definition) is 2. The molecule has 5 nitrogen and oxygen atoms in total. The van der Waals surface area contributed by atoms with Crippen LogP contribution in [0.4, 0.5) is 0 Å². The van der Waals surface area contributed by atoms with E-state index in [9.17, 15) is 0 Å². The first kappa shape index (κ1) is 19.4. The number of hydrogen-bond acceptors (Lipinski definition) is 5. The molecule has 0 radical (unpaired) electrons. The first-order valence-corrected chi connectivity index (χ1v) is 8.30. The van der Waals surface area contributed by atoms with Gasteiger partial charge in [-0.05, 0) is 40.3 Å². The van der Waals surface area contributed by atoms with Gasteiger partial charge < -0.3 is 24.7 Å². The fourth-order valence-electron chi connectivity index (χ4n) is 1.61. The topological polar surface area (TPSA) is 74.7 Å². The fourth-order valence-corrected chi connectivity index (χ4v) is 4.22.